The fourth-order valence-corrected chi connectivity index (χ4v) is 2.57. The highest BCUT2D eigenvalue weighted by atomic mass is 16.1. The molecule has 0 bridgehead atoms. The zero-order valence-electron chi connectivity index (χ0n) is 13.2. The van der Waals surface area contributed by atoms with Gasteiger partial charge in [-0.3, -0.25) is 4.79 Å². The average Bonchev–Trinajstić information content (AvgIpc) is 2.88. The van der Waals surface area contributed by atoms with Crippen LogP contribution in [-0.4, -0.2) is 15.6 Å². The van der Waals surface area contributed by atoms with Crippen LogP contribution >= 0.6 is 0 Å². The van der Waals surface area contributed by atoms with Crippen LogP contribution in [0.25, 0.3) is 11.8 Å². The predicted octanol–water partition coefficient (Wildman–Crippen LogP) is 4.39. The second-order valence-electron chi connectivity index (χ2n) is 5.40. The number of allylic oxidation sites excluding steroid dienone is 1. The topological polar surface area (TPSA) is 34.9 Å². The molecular weight excluding hydrogens is 284 g/mol. The Kier molecular flexibility index (Phi) is 4.20. The molecule has 0 fully saturated rings. The molecule has 1 heterocycles. The van der Waals surface area contributed by atoms with E-state index in [1.165, 1.54) is 0 Å². The van der Waals surface area contributed by atoms with Gasteiger partial charge in [0.05, 0.1) is 11.4 Å². The Bertz CT molecular complexity index is 846. The third-order valence-electron chi connectivity index (χ3n) is 3.81. The quantitative estimate of drug-likeness (QED) is 0.529. The van der Waals surface area contributed by atoms with Gasteiger partial charge in [-0.05, 0) is 38.1 Å². The molecule has 3 heteroatoms. The molecule has 0 unspecified atom stereocenters. The van der Waals surface area contributed by atoms with E-state index >= 15 is 0 Å². The van der Waals surface area contributed by atoms with Crippen LogP contribution in [0.5, 0.6) is 0 Å². The number of carbonyl (C=O) groups is 1. The number of hydrogen-bond acceptors (Lipinski definition) is 2. The van der Waals surface area contributed by atoms with Gasteiger partial charge in [0.25, 0.3) is 0 Å². The molecule has 0 saturated carbocycles. The van der Waals surface area contributed by atoms with Gasteiger partial charge in [-0.15, -0.1) is 0 Å². The molecular formula is C20H18N2O. The van der Waals surface area contributed by atoms with E-state index in [4.69, 9.17) is 0 Å². The molecule has 23 heavy (non-hydrogen) atoms. The summed E-state index contributed by atoms with van der Waals surface area (Å²) >= 11 is 0. The Balaban J connectivity index is 1.91. The number of benzene rings is 2. The summed E-state index contributed by atoms with van der Waals surface area (Å²) in [4.78, 5) is 12.2. The highest BCUT2D eigenvalue weighted by Gasteiger charge is 2.11. The molecule has 1 aromatic heterocycles. The summed E-state index contributed by atoms with van der Waals surface area (Å²) in [6.45, 7) is 3.97. The van der Waals surface area contributed by atoms with E-state index in [0.29, 0.717) is 5.56 Å². The summed E-state index contributed by atoms with van der Waals surface area (Å²) in [5.41, 5.74) is 4.61. The van der Waals surface area contributed by atoms with E-state index in [-0.39, 0.29) is 5.78 Å². The Labute approximate surface area is 135 Å². The summed E-state index contributed by atoms with van der Waals surface area (Å²) < 4.78 is 1.90. The third-order valence-corrected chi connectivity index (χ3v) is 3.81. The number of aryl methyl sites for hydroxylation is 1. The van der Waals surface area contributed by atoms with E-state index in [9.17, 15) is 4.79 Å². The van der Waals surface area contributed by atoms with Crippen LogP contribution in [0.2, 0.25) is 0 Å². The van der Waals surface area contributed by atoms with Gasteiger partial charge in [0.1, 0.15) is 0 Å². The van der Waals surface area contributed by atoms with E-state index in [0.717, 1.165) is 22.6 Å². The molecule has 0 aliphatic carbocycles. The highest BCUT2D eigenvalue weighted by Crippen LogP contribution is 2.19. The Morgan fingerprint density at radius 3 is 2.22 bits per heavy atom. The first-order chi connectivity index (χ1) is 11.2. The number of ketones is 1. The molecule has 3 rings (SSSR count). The van der Waals surface area contributed by atoms with Crippen molar-refractivity contribution < 1.29 is 4.79 Å². The first kappa shape index (κ1) is 15.0. The lowest BCUT2D eigenvalue weighted by molar-refractivity contribution is 0.104. The van der Waals surface area contributed by atoms with Crippen LogP contribution in [0.1, 0.15) is 27.3 Å². The first-order valence-electron chi connectivity index (χ1n) is 7.56. The van der Waals surface area contributed by atoms with Crippen molar-refractivity contribution in [2.24, 2.45) is 0 Å². The molecule has 0 atom stereocenters. The van der Waals surface area contributed by atoms with E-state index in [1.54, 1.807) is 6.08 Å². The standard InChI is InChI=1S/C20H18N2O/c1-15-19(13-14-20(23)17-9-5-3-6-10-17)16(2)22(21-15)18-11-7-4-8-12-18/h3-14H,1-2H3/b14-13+. The van der Waals surface area contributed by atoms with Crippen LogP contribution in [0.15, 0.2) is 66.7 Å². The number of carbonyl (C=O) groups excluding carboxylic acids is 1. The lowest BCUT2D eigenvalue weighted by Gasteiger charge is -2.03. The largest absolute Gasteiger partial charge is 0.289 e. The van der Waals surface area contributed by atoms with Gasteiger partial charge < -0.3 is 0 Å². The maximum atomic E-state index is 12.2. The fraction of sp³-hybridized carbons (Fsp3) is 0.100. The molecule has 0 saturated heterocycles. The number of para-hydroxylation sites is 1. The van der Waals surface area contributed by atoms with Gasteiger partial charge in [0.2, 0.25) is 0 Å². The van der Waals surface area contributed by atoms with E-state index < -0.39 is 0 Å². The monoisotopic (exact) mass is 302 g/mol. The van der Waals surface area contributed by atoms with Crippen molar-refractivity contribution in [3.05, 3.63) is 89.3 Å². The Morgan fingerprint density at radius 1 is 0.957 bits per heavy atom. The van der Waals surface area contributed by atoms with Crippen LogP contribution in [0.3, 0.4) is 0 Å². The van der Waals surface area contributed by atoms with Crippen molar-refractivity contribution in [1.82, 2.24) is 9.78 Å². The van der Waals surface area contributed by atoms with Crippen molar-refractivity contribution in [2.75, 3.05) is 0 Å². The summed E-state index contributed by atoms with van der Waals surface area (Å²) in [7, 11) is 0. The Hall–Kier alpha value is -2.94. The molecule has 0 aliphatic rings. The van der Waals surface area contributed by atoms with Crippen LogP contribution < -0.4 is 0 Å². The van der Waals surface area contributed by atoms with Crippen LogP contribution in [0, 0.1) is 13.8 Å². The zero-order chi connectivity index (χ0) is 16.2. The molecule has 0 spiro atoms. The first-order valence-corrected chi connectivity index (χ1v) is 7.56. The lowest BCUT2D eigenvalue weighted by Crippen LogP contribution is -1.98. The molecule has 0 aliphatic heterocycles. The summed E-state index contributed by atoms with van der Waals surface area (Å²) in [6, 6.07) is 19.3. The maximum absolute atomic E-state index is 12.2. The second-order valence-corrected chi connectivity index (χ2v) is 5.40. The number of hydrogen-bond donors (Lipinski definition) is 0. The maximum Gasteiger partial charge on any atom is 0.185 e. The minimum absolute atomic E-state index is 0.00291. The summed E-state index contributed by atoms with van der Waals surface area (Å²) in [5.74, 6) is -0.00291. The normalized spacial score (nSPS) is 11.0. The summed E-state index contributed by atoms with van der Waals surface area (Å²) in [6.07, 6.45) is 3.47. The number of rotatable bonds is 4. The molecule has 3 aromatic rings. The van der Waals surface area contributed by atoms with Crippen molar-refractivity contribution in [1.29, 1.82) is 0 Å². The van der Waals surface area contributed by atoms with Gasteiger partial charge in [0.15, 0.2) is 5.78 Å². The number of aromatic nitrogens is 2. The van der Waals surface area contributed by atoms with Crippen molar-refractivity contribution in [3.8, 4) is 5.69 Å². The smallest absolute Gasteiger partial charge is 0.185 e. The minimum Gasteiger partial charge on any atom is -0.289 e. The number of nitrogens with zero attached hydrogens (tertiary/aromatic N) is 2. The van der Waals surface area contributed by atoms with Crippen LogP contribution in [-0.2, 0) is 0 Å². The summed E-state index contributed by atoms with van der Waals surface area (Å²) in [5, 5.41) is 4.59. The average molecular weight is 302 g/mol. The lowest BCUT2D eigenvalue weighted by atomic mass is 10.1. The van der Waals surface area contributed by atoms with Gasteiger partial charge in [0, 0.05) is 16.8 Å². The van der Waals surface area contributed by atoms with E-state index in [2.05, 4.69) is 5.10 Å². The second kappa shape index (κ2) is 6.44. The molecule has 114 valence electrons. The SMILES string of the molecule is Cc1nn(-c2ccccc2)c(C)c1/C=C/C(=O)c1ccccc1. The van der Waals surface area contributed by atoms with Crippen molar-refractivity contribution >= 4 is 11.9 Å². The van der Waals surface area contributed by atoms with Crippen LogP contribution in [0.4, 0.5) is 0 Å². The highest BCUT2D eigenvalue weighted by molar-refractivity contribution is 6.06. The molecule has 3 nitrogen and oxygen atoms in total. The molecule has 0 amide bonds. The van der Waals surface area contributed by atoms with Gasteiger partial charge in [-0.2, -0.15) is 5.10 Å². The van der Waals surface area contributed by atoms with Crippen molar-refractivity contribution in [3.63, 3.8) is 0 Å². The van der Waals surface area contributed by atoms with Crippen molar-refractivity contribution in [2.45, 2.75) is 13.8 Å². The molecule has 2 aromatic carbocycles. The fourth-order valence-electron chi connectivity index (χ4n) is 2.57. The molecule has 0 radical (unpaired) electrons. The van der Waals surface area contributed by atoms with Gasteiger partial charge in [-0.25, -0.2) is 4.68 Å². The molecule has 0 N–H and O–H groups in total. The zero-order valence-corrected chi connectivity index (χ0v) is 13.2. The van der Waals surface area contributed by atoms with Gasteiger partial charge >= 0.3 is 0 Å². The third kappa shape index (κ3) is 3.14. The van der Waals surface area contributed by atoms with Gasteiger partial charge in [-0.1, -0.05) is 48.5 Å². The minimum atomic E-state index is -0.00291. The Morgan fingerprint density at radius 2 is 1.57 bits per heavy atom. The predicted molar refractivity (Wildman–Crippen MR) is 92.8 cm³/mol. The van der Waals surface area contributed by atoms with E-state index in [1.807, 2.05) is 85.3 Å².